The minimum absolute atomic E-state index is 0.131. The van der Waals surface area contributed by atoms with E-state index < -0.39 is 5.97 Å². The molecule has 0 amide bonds. The van der Waals surface area contributed by atoms with E-state index in [1.54, 1.807) is 12.1 Å². The first kappa shape index (κ1) is 20.0. The van der Waals surface area contributed by atoms with Crippen LogP contribution in [0.2, 0.25) is 0 Å². The fourth-order valence-corrected chi connectivity index (χ4v) is 3.24. The fourth-order valence-electron chi connectivity index (χ4n) is 3.24. The molecule has 3 aromatic carbocycles. The van der Waals surface area contributed by atoms with Crippen LogP contribution >= 0.6 is 0 Å². The zero-order chi connectivity index (χ0) is 21.0. The van der Waals surface area contributed by atoms with Crippen LogP contribution in [0.1, 0.15) is 34.0 Å². The summed E-state index contributed by atoms with van der Waals surface area (Å²) in [7, 11) is 0. The Morgan fingerprint density at radius 3 is 1.80 bits per heavy atom. The SMILES string of the molecule is CC1(Cc2c(OCc3ccccc3)cc(C(=O)O)cc2OCc2ccccc2)CO1. The predicted octanol–water partition coefficient (Wildman–Crippen LogP) is 4.87. The maximum Gasteiger partial charge on any atom is 0.335 e. The maximum absolute atomic E-state index is 11.7. The number of hydrogen-bond acceptors (Lipinski definition) is 4. The monoisotopic (exact) mass is 404 g/mol. The summed E-state index contributed by atoms with van der Waals surface area (Å²) >= 11 is 0. The number of epoxide rings is 1. The zero-order valence-electron chi connectivity index (χ0n) is 16.8. The van der Waals surface area contributed by atoms with Gasteiger partial charge in [0.1, 0.15) is 24.7 Å². The van der Waals surface area contributed by atoms with Crippen molar-refractivity contribution in [3.8, 4) is 11.5 Å². The molecule has 5 nitrogen and oxygen atoms in total. The molecule has 1 N–H and O–H groups in total. The molecule has 1 aliphatic rings. The minimum Gasteiger partial charge on any atom is -0.488 e. The van der Waals surface area contributed by atoms with E-state index in [2.05, 4.69) is 0 Å². The molecule has 0 aliphatic carbocycles. The Kier molecular flexibility index (Phi) is 5.72. The van der Waals surface area contributed by atoms with Gasteiger partial charge in [0.05, 0.1) is 17.8 Å². The van der Waals surface area contributed by atoms with Gasteiger partial charge >= 0.3 is 5.97 Å². The Hall–Kier alpha value is -3.31. The van der Waals surface area contributed by atoms with Crippen molar-refractivity contribution in [1.29, 1.82) is 0 Å². The Bertz CT molecular complexity index is 946. The smallest absolute Gasteiger partial charge is 0.335 e. The number of carbonyl (C=O) groups is 1. The van der Waals surface area contributed by atoms with Gasteiger partial charge in [-0.3, -0.25) is 0 Å². The lowest BCUT2D eigenvalue weighted by atomic mass is 9.98. The van der Waals surface area contributed by atoms with Crippen molar-refractivity contribution in [2.45, 2.75) is 32.2 Å². The largest absolute Gasteiger partial charge is 0.488 e. The minimum atomic E-state index is -1.02. The second-order valence-corrected chi connectivity index (χ2v) is 7.72. The number of hydrogen-bond donors (Lipinski definition) is 1. The van der Waals surface area contributed by atoms with Gasteiger partial charge in [-0.15, -0.1) is 0 Å². The van der Waals surface area contributed by atoms with Gasteiger partial charge < -0.3 is 19.3 Å². The van der Waals surface area contributed by atoms with Crippen LogP contribution in [0, 0.1) is 0 Å². The van der Waals surface area contributed by atoms with E-state index in [0.717, 1.165) is 16.7 Å². The van der Waals surface area contributed by atoms with E-state index in [9.17, 15) is 9.90 Å². The van der Waals surface area contributed by atoms with Crippen molar-refractivity contribution in [2.24, 2.45) is 0 Å². The van der Waals surface area contributed by atoms with Gasteiger partial charge in [0.2, 0.25) is 0 Å². The molecule has 0 saturated carbocycles. The molecular formula is C25H24O5. The van der Waals surface area contributed by atoms with Crippen LogP contribution < -0.4 is 9.47 Å². The van der Waals surface area contributed by atoms with E-state index >= 15 is 0 Å². The zero-order valence-corrected chi connectivity index (χ0v) is 16.8. The summed E-state index contributed by atoms with van der Waals surface area (Å²) in [6, 6.07) is 22.7. The summed E-state index contributed by atoms with van der Waals surface area (Å²) in [6.07, 6.45) is 0.584. The van der Waals surface area contributed by atoms with Gasteiger partial charge in [0.25, 0.3) is 0 Å². The summed E-state index contributed by atoms with van der Waals surface area (Å²) in [5, 5.41) is 9.60. The Labute approximate surface area is 175 Å². The third-order valence-corrected chi connectivity index (χ3v) is 5.08. The van der Waals surface area contributed by atoms with Gasteiger partial charge in [-0.05, 0) is 30.2 Å². The molecule has 3 aromatic rings. The lowest BCUT2D eigenvalue weighted by Crippen LogP contribution is -2.13. The van der Waals surface area contributed by atoms with Crippen molar-refractivity contribution in [3.63, 3.8) is 0 Å². The summed E-state index contributed by atoms with van der Waals surface area (Å²) in [5.41, 5.74) is 2.69. The molecule has 1 fully saturated rings. The van der Waals surface area contributed by atoms with Crippen LogP contribution in [0.5, 0.6) is 11.5 Å². The second-order valence-electron chi connectivity index (χ2n) is 7.72. The van der Waals surface area contributed by atoms with Crippen LogP contribution in [0.25, 0.3) is 0 Å². The Morgan fingerprint density at radius 1 is 0.933 bits per heavy atom. The quantitative estimate of drug-likeness (QED) is 0.515. The van der Waals surface area contributed by atoms with E-state index in [4.69, 9.17) is 14.2 Å². The van der Waals surface area contributed by atoms with Crippen LogP contribution in [0.15, 0.2) is 72.8 Å². The highest BCUT2D eigenvalue weighted by Gasteiger charge is 2.41. The van der Waals surface area contributed by atoms with Crippen LogP contribution in [0.4, 0.5) is 0 Å². The van der Waals surface area contributed by atoms with Gasteiger partial charge in [0.15, 0.2) is 0 Å². The molecule has 1 saturated heterocycles. The number of carboxylic acid groups (broad SMARTS) is 1. The molecule has 0 bridgehead atoms. The van der Waals surface area contributed by atoms with Gasteiger partial charge in [-0.1, -0.05) is 60.7 Å². The Balaban J connectivity index is 1.66. The predicted molar refractivity (Wildman–Crippen MR) is 113 cm³/mol. The van der Waals surface area contributed by atoms with Crippen LogP contribution in [-0.4, -0.2) is 23.3 Å². The summed E-state index contributed by atoms with van der Waals surface area (Å²) in [5.74, 6) is 0.00151. The summed E-state index contributed by atoms with van der Waals surface area (Å²) in [4.78, 5) is 11.7. The highest BCUT2D eigenvalue weighted by molar-refractivity contribution is 5.89. The average Bonchev–Trinajstić information content (AvgIpc) is 3.50. The molecule has 1 unspecified atom stereocenters. The lowest BCUT2D eigenvalue weighted by molar-refractivity contribution is 0.0695. The normalized spacial score (nSPS) is 17.4. The first-order valence-corrected chi connectivity index (χ1v) is 9.90. The molecule has 1 aliphatic heterocycles. The molecule has 1 heterocycles. The lowest BCUT2D eigenvalue weighted by Gasteiger charge is -2.19. The number of rotatable bonds is 9. The third kappa shape index (κ3) is 4.99. The van der Waals surface area contributed by atoms with Crippen molar-refractivity contribution in [3.05, 3.63) is 95.1 Å². The first-order valence-electron chi connectivity index (χ1n) is 9.90. The van der Waals surface area contributed by atoms with E-state index in [0.29, 0.717) is 37.7 Å². The molecule has 0 spiro atoms. The molecule has 30 heavy (non-hydrogen) atoms. The van der Waals surface area contributed by atoms with Crippen LogP contribution in [0.3, 0.4) is 0 Å². The van der Waals surface area contributed by atoms with Crippen molar-refractivity contribution < 1.29 is 24.1 Å². The summed E-state index contributed by atoms with van der Waals surface area (Å²) < 4.78 is 17.7. The molecule has 4 rings (SSSR count). The first-order chi connectivity index (χ1) is 14.5. The molecule has 1 atom stereocenters. The second kappa shape index (κ2) is 8.59. The molecule has 0 aromatic heterocycles. The molecular weight excluding hydrogens is 380 g/mol. The molecule has 5 heteroatoms. The Morgan fingerprint density at radius 2 is 1.40 bits per heavy atom. The van der Waals surface area contributed by atoms with E-state index in [1.807, 2.05) is 67.6 Å². The number of ether oxygens (including phenoxy) is 3. The van der Waals surface area contributed by atoms with Gasteiger partial charge in [-0.2, -0.15) is 0 Å². The van der Waals surface area contributed by atoms with Crippen molar-refractivity contribution >= 4 is 5.97 Å². The fraction of sp³-hybridized carbons (Fsp3) is 0.240. The number of carboxylic acids is 1. The van der Waals surface area contributed by atoms with Crippen LogP contribution in [-0.2, 0) is 24.4 Å². The topological polar surface area (TPSA) is 68.3 Å². The maximum atomic E-state index is 11.7. The highest BCUT2D eigenvalue weighted by atomic mass is 16.6. The van der Waals surface area contributed by atoms with Gasteiger partial charge in [0, 0.05) is 12.0 Å². The van der Waals surface area contributed by atoms with Gasteiger partial charge in [-0.25, -0.2) is 4.79 Å². The third-order valence-electron chi connectivity index (χ3n) is 5.08. The van der Waals surface area contributed by atoms with E-state index in [1.165, 1.54) is 0 Å². The number of benzene rings is 3. The summed E-state index contributed by atoms with van der Waals surface area (Å²) in [6.45, 7) is 3.36. The molecule has 0 radical (unpaired) electrons. The number of aromatic carboxylic acids is 1. The average molecular weight is 404 g/mol. The van der Waals surface area contributed by atoms with Crippen molar-refractivity contribution in [2.75, 3.05) is 6.61 Å². The van der Waals surface area contributed by atoms with Crippen molar-refractivity contribution in [1.82, 2.24) is 0 Å². The highest BCUT2D eigenvalue weighted by Crippen LogP contribution is 2.39. The van der Waals surface area contributed by atoms with E-state index in [-0.39, 0.29) is 11.2 Å². The molecule has 154 valence electrons. The standard InChI is InChI=1S/C25H24O5/c1-25(17-30-25)14-21-22(28-15-18-8-4-2-5-9-18)12-20(24(26)27)13-23(21)29-16-19-10-6-3-7-11-19/h2-13H,14-17H2,1H3,(H,26,27).